The molecule has 0 radical (unpaired) electrons. The number of ether oxygens (including phenoxy) is 1. The maximum absolute atomic E-state index is 6.55. The number of hydrogen-bond acceptors (Lipinski definition) is 2. The monoisotopic (exact) mass is 255 g/mol. The van der Waals surface area contributed by atoms with Gasteiger partial charge in [-0.1, -0.05) is 36.4 Å². The number of rotatable bonds is 2. The van der Waals surface area contributed by atoms with Crippen molar-refractivity contribution >= 4 is 10.8 Å². The van der Waals surface area contributed by atoms with Gasteiger partial charge in [-0.25, -0.2) is 0 Å². The first-order valence-corrected chi connectivity index (χ1v) is 7.02. The molecular weight excluding hydrogens is 234 g/mol. The van der Waals surface area contributed by atoms with Gasteiger partial charge in [-0.3, -0.25) is 0 Å². The molecule has 1 heterocycles. The van der Waals surface area contributed by atoms with Crippen molar-refractivity contribution in [2.75, 3.05) is 6.61 Å². The summed E-state index contributed by atoms with van der Waals surface area (Å²) in [6, 6.07) is 12.9. The van der Waals surface area contributed by atoms with E-state index in [9.17, 15) is 0 Å². The standard InChI is InChI=1S/C17H21NO/c1-11-7-8-13-5-3-4-6-15(13)16(11)17(18)14-9-12(2)19-10-14/h3-8,12,14,17H,9-10,18H2,1-2H3. The Labute approximate surface area is 114 Å². The molecule has 2 heteroatoms. The van der Waals surface area contributed by atoms with Gasteiger partial charge in [0.15, 0.2) is 0 Å². The average molecular weight is 255 g/mol. The summed E-state index contributed by atoms with van der Waals surface area (Å²) in [6.07, 6.45) is 1.40. The molecule has 100 valence electrons. The van der Waals surface area contributed by atoms with Crippen molar-refractivity contribution in [3.8, 4) is 0 Å². The highest BCUT2D eigenvalue weighted by atomic mass is 16.5. The molecule has 1 aliphatic heterocycles. The highest BCUT2D eigenvalue weighted by Gasteiger charge is 2.29. The number of fused-ring (bicyclic) bond motifs is 1. The van der Waals surface area contributed by atoms with Gasteiger partial charge in [-0.05, 0) is 42.2 Å². The molecule has 0 bridgehead atoms. The molecule has 0 spiro atoms. The minimum atomic E-state index is 0.0658. The van der Waals surface area contributed by atoms with Gasteiger partial charge < -0.3 is 10.5 Å². The lowest BCUT2D eigenvalue weighted by Crippen LogP contribution is -2.23. The zero-order valence-electron chi connectivity index (χ0n) is 11.6. The lowest BCUT2D eigenvalue weighted by atomic mass is 9.86. The quantitative estimate of drug-likeness (QED) is 0.890. The summed E-state index contributed by atoms with van der Waals surface area (Å²) in [7, 11) is 0. The molecule has 1 fully saturated rings. The molecular formula is C17H21NO. The molecule has 0 amide bonds. The van der Waals surface area contributed by atoms with Crippen molar-refractivity contribution in [1.82, 2.24) is 0 Å². The highest BCUT2D eigenvalue weighted by Crippen LogP contribution is 2.35. The second-order valence-electron chi connectivity index (χ2n) is 5.68. The van der Waals surface area contributed by atoms with Gasteiger partial charge in [-0.2, -0.15) is 0 Å². The Morgan fingerprint density at radius 3 is 2.74 bits per heavy atom. The van der Waals surface area contributed by atoms with E-state index in [-0.39, 0.29) is 6.04 Å². The van der Waals surface area contributed by atoms with Gasteiger partial charge in [0, 0.05) is 12.0 Å². The van der Waals surface area contributed by atoms with Crippen LogP contribution >= 0.6 is 0 Å². The molecule has 3 rings (SSSR count). The normalized spacial score (nSPS) is 24.8. The van der Waals surface area contributed by atoms with Gasteiger partial charge in [0.1, 0.15) is 0 Å². The van der Waals surface area contributed by atoms with E-state index in [1.165, 1.54) is 21.9 Å². The molecule has 19 heavy (non-hydrogen) atoms. The van der Waals surface area contributed by atoms with Crippen LogP contribution in [0.5, 0.6) is 0 Å². The van der Waals surface area contributed by atoms with Crippen LogP contribution in [0.25, 0.3) is 10.8 Å². The molecule has 2 aromatic rings. The molecule has 2 nitrogen and oxygen atoms in total. The van der Waals surface area contributed by atoms with E-state index in [2.05, 4.69) is 50.2 Å². The Balaban J connectivity index is 2.06. The molecule has 0 aliphatic carbocycles. The predicted molar refractivity (Wildman–Crippen MR) is 79.1 cm³/mol. The summed E-state index contributed by atoms with van der Waals surface area (Å²) in [5, 5.41) is 2.56. The van der Waals surface area contributed by atoms with E-state index >= 15 is 0 Å². The maximum Gasteiger partial charge on any atom is 0.0551 e. The summed E-state index contributed by atoms with van der Waals surface area (Å²) in [4.78, 5) is 0. The Bertz CT molecular complexity index is 593. The van der Waals surface area contributed by atoms with E-state index < -0.39 is 0 Å². The molecule has 2 N–H and O–H groups in total. The molecule has 2 aromatic carbocycles. The van der Waals surface area contributed by atoms with E-state index in [0.717, 1.165) is 13.0 Å². The van der Waals surface area contributed by atoms with Crippen molar-refractivity contribution < 1.29 is 4.74 Å². The van der Waals surface area contributed by atoms with Crippen LogP contribution in [0.3, 0.4) is 0 Å². The molecule has 0 saturated carbocycles. The summed E-state index contributed by atoms with van der Waals surface area (Å²) in [5.41, 5.74) is 9.12. The van der Waals surface area contributed by atoms with Gasteiger partial charge in [0.25, 0.3) is 0 Å². The first kappa shape index (κ1) is 12.6. The van der Waals surface area contributed by atoms with Gasteiger partial charge in [0.2, 0.25) is 0 Å². The number of benzene rings is 2. The summed E-state index contributed by atoms with van der Waals surface area (Å²) in [6.45, 7) is 5.06. The van der Waals surface area contributed by atoms with E-state index in [1.807, 2.05) is 0 Å². The second kappa shape index (κ2) is 4.95. The van der Waals surface area contributed by atoms with Crippen molar-refractivity contribution in [3.63, 3.8) is 0 Å². The van der Waals surface area contributed by atoms with Crippen molar-refractivity contribution in [2.45, 2.75) is 32.4 Å². The molecule has 1 aliphatic rings. The lowest BCUT2D eigenvalue weighted by Gasteiger charge is -2.22. The van der Waals surface area contributed by atoms with Crippen LogP contribution < -0.4 is 5.73 Å². The van der Waals surface area contributed by atoms with Gasteiger partial charge in [-0.15, -0.1) is 0 Å². The number of hydrogen-bond donors (Lipinski definition) is 1. The van der Waals surface area contributed by atoms with Crippen LogP contribution in [0.15, 0.2) is 36.4 Å². The fourth-order valence-corrected chi connectivity index (χ4v) is 3.18. The van der Waals surface area contributed by atoms with Crippen LogP contribution in [-0.2, 0) is 4.74 Å². The number of aryl methyl sites for hydroxylation is 1. The van der Waals surface area contributed by atoms with Crippen molar-refractivity contribution in [3.05, 3.63) is 47.5 Å². The van der Waals surface area contributed by atoms with Crippen LogP contribution in [0, 0.1) is 12.8 Å². The minimum Gasteiger partial charge on any atom is -0.378 e. The topological polar surface area (TPSA) is 35.2 Å². The van der Waals surface area contributed by atoms with Crippen LogP contribution in [0.1, 0.15) is 30.5 Å². The molecule has 3 atom stereocenters. The van der Waals surface area contributed by atoms with Crippen LogP contribution in [0.2, 0.25) is 0 Å². The molecule has 3 unspecified atom stereocenters. The average Bonchev–Trinajstić information content (AvgIpc) is 2.85. The van der Waals surface area contributed by atoms with E-state index in [0.29, 0.717) is 12.0 Å². The van der Waals surface area contributed by atoms with E-state index in [1.54, 1.807) is 0 Å². The maximum atomic E-state index is 6.55. The third-order valence-corrected chi connectivity index (χ3v) is 4.26. The highest BCUT2D eigenvalue weighted by molar-refractivity contribution is 5.87. The lowest BCUT2D eigenvalue weighted by molar-refractivity contribution is 0.118. The summed E-state index contributed by atoms with van der Waals surface area (Å²) < 4.78 is 5.68. The van der Waals surface area contributed by atoms with Crippen LogP contribution in [-0.4, -0.2) is 12.7 Å². The molecule has 0 aromatic heterocycles. The molecule has 1 saturated heterocycles. The summed E-state index contributed by atoms with van der Waals surface area (Å²) >= 11 is 0. The zero-order valence-corrected chi connectivity index (χ0v) is 11.6. The van der Waals surface area contributed by atoms with Crippen molar-refractivity contribution in [1.29, 1.82) is 0 Å². The fraction of sp³-hybridized carbons (Fsp3) is 0.412. The Morgan fingerprint density at radius 2 is 2.00 bits per heavy atom. The predicted octanol–water partition coefficient (Wildman–Crippen LogP) is 3.57. The third kappa shape index (κ3) is 2.26. The van der Waals surface area contributed by atoms with Gasteiger partial charge in [0.05, 0.1) is 12.7 Å². The van der Waals surface area contributed by atoms with Gasteiger partial charge >= 0.3 is 0 Å². The zero-order chi connectivity index (χ0) is 13.4. The number of nitrogens with two attached hydrogens (primary N) is 1. The SMILES string of the molecule is Cc1ccc2ccccc2c1C(N)C1COC(C)C1. The third-order valence-electron chi connectivity index (χ3n) is 4.26. The Morgan fingerprint density at radius 1 is 1.21 bits per heavy atom. The summed E-state index contributed by atoms with van der Waals surface area (Å²) in [5.74, 6) is 0.430. The van der Waals surface area contributed by atoms with E-state index in [4.69, 9.17) is 10.5 Å². The fourth-order valence-electron chi connectivity index (χ4n) is 3.18. The largest absolute Gasteiger partial charge is 0.378 e. The second-order valence-corrected chi connectivity index (χ2v) is 5.68. The smallest absolute Gasteiger partial charge is 0.0551 e. The Hall–Kier alpha value is -1.38. The Kier molecular flexibility index (Phi) is 3.29. The first-order chi connectivity index (χ1) is 9.16. The first-order valence-electron chi connectivity index (χ1n) is 7.02. The minimum absolute atomic E-state index is 0.0658. The van der Waals surface area contributed by atoms with Crippen LogP contribution in [0.4, 0.5) is 0 Å². The van der Waals surface area contributed by atoms with Crippen molar-refractivity contribution in [2.24, 2.45) is 11.7 Å².